The van der Waals surface area contributed by atoms with Crippen LogP contribution in [0.5, 0.6) is 0 Å². The highest BCUT2D eigenvalue weighted by Gasteiger charge is 2.30. The largest absolute Gasteiger partial charge is 0.321 e. The molecule has 0 spiro atoms. The molecule has 1 aromatic carbocycles. The molecule has 0 aromatic heterocycles. The van der Waals surface area contributed by atoms with Crippen molar-refractivity contribution in [1.82, 2.24) is 10.2 Å². The maximum absolute atomic E-state index is 11.8. The lowest BCUT2D eigenvalue weighted by molar-refractivity contribution is -0.127. The predicted octanol–water partition coefficient (Wildman–Crippen LogP) is 1.79. The summed E-state index contributed by atoms with van der Waals surface area (Å²) >= 11 is 1.77. The number of benzene rings is 1. The van der Waals surface area contributed by atoms with Gasteiger partial charge in [-0.05, 0) is 18.7 Å². The number of amides is 1. The topological polar surface area (TPSA) is 32.3 Å². The first-order valence-corrected chi connectivity index (χ1v) is 7.20. The van der Waals surface area contributed by atoms with Crippen LogP contribution in [0.3, 0.4) is 0 Å². The lowest BCUT2D eigenvalue weighted by atomic mass is 10.1. The van der Waals surface area contributed by atoms with Gasteiger partial charge in [-0.25, -0.2) is 0 Å². The number of nitrogens with one attached hydrogen (secondary N) is 1. The maximum atomic E-state index is 11.8. The number of nitrogens with zero attached hydrogens (tertiary/aromatic N) is 1. The van der Waals surface area contributed by atoms with Gasteiger partial charge in [-0.1, -0.05) is 29.8 Å². The van der Waals surface area contributed by atoms with Crippen molar-refractivity contribution in [3.63, 3.8) is 0 Å². The van der Waals surface area contributed by atoms with Gasteiger partial charge in [0.05, 0.1) is 6.54 Å². The first kappa shape index (κ1) is 12.5. The van der Waals surface area contributed by atoms with Crippen LogP contribution in [0.25, 0.3) is 0 Å². The minimum absolute atomic E-state index is 0.0512. The molecule has 17 heavy (non-hydrogen) atoms. The van der Waals surface area contributed by atoms with Gasteiger partial charge in [0.1, 0.15) is 6.17 Å². The van der Waals surface area contributed by atoms with Gasteiger partial charge >= 0.3 is 0 Å². The Hall–Kier alpha value is -1.00. The Labute approximate surface area is 107 Å². The number of carbonyl (C=O) groups is 1. The highest BCUT2D eigenvalue weighted by atomic mass is 32.2. The second-order valence-corrected chi connectivity index (χ2v) is 5.26. The van der Waals surface area contributed by atoms with Crippen molar-refractivity contribution in [2.75, 3.05) is 25.1 Å². The molecule has 1 heterocycles. The average Bonchev–Trinajstić information content (AvgIpc) is 2.69. The van der Waals surface area contributed by atoms with Gasteiger partial charge in [-0.15, -0.1) is 0 Å². The molecule has 1 amide bonds. The Balaban J connectivity index is 2.13. The highest BCUT2D eigenvalue weighted by Crippen LogP contribution is 2.22. The first-order chi connectivity index (χ1) is 8.22. The second kappa shape index (κ2) is 5.56. The average molecular weight is 250 g/mol. The summed E-state index contributed by atoms with van der Waals surface area (Å²) in [5.74, 6) is 1.18. The summed E-state index contributed by atoms with van der Waals surface area (Å²) in [6.07, 6.45) is 2.12. The molecule has 0 bridgehead atoms. The van der Waals surface area contributed by atoms with Crippen LogP contribution in [0.2, 0.25) is 0 Å². The molecule has 3 nitrogen and oxygen atoms in total. The Bertz CT molecular complexity index is 391. The summed E-state index contributed by atoms with van der Waals surface area (Å²) in [6, 6.07) is 8.37. The molecule has 1 aromatic rings. The van der Waals surface area contributed by atoms with Crippen molar-refractivity contribution in [3.8, 4) is 0 Å². The minimum Gasteiger partial charge on any atom is -0.321 e. The van der Waals surface area contributed by atoms with E-state index in [1.54, 1.807) is 11.8 Å². The van der Waals surface area contributed by atoms with Gasteiger partial charge in [-0.3, -0.25) is 10.1 Å². The lowest BCUT2D eigenvalue weighted by Crippen LogP contribution is -2.32. The summed E-state index contributed by atoms with van der Waals surface area (Å²) < 4.78 is 0. The molecule has 1 unspecified atom stereocenters. The lowest BCUT2D eigenvalue weighted by Gasteiger charge is -2.24. The quantitative estimate of drug-likeness (QED) is 0.884. The van der Waals surface area contributed by atoms with Crippen LogP contribution >= 0.6 is 11.8 Å². The van der Waals surface area contributed by atoms with Gasteiger partial charge in [0, 0.05) is 12.3 Å². The van der Waals surface area contributed by atoms with E-state index in [9.17, 15) is 4.79 Å². The standard InChI is InChI=1S/C13H18N2OS/c1-10-3-5-11(6-4-10)13-14-9-12(16)15(13)7-8-17-2/h3-6,13-14H,7-9H2,1-2H3. The van der Waals surface area contributed by atoms with Crippen LogP contribution in [-0.2, 0) is 4.79 Å². The van der Waals surface area contributed by atoms with Gasteiger partial charge in [0.15, 0.2) is 0 Å². The molecule has 1 atom stereocenters. The smallest absolute Gasteiger partial charge is 0.238 e. The van der Waals surface area contributed by atoms with Crippen LogP contribution in [-0.4, -0.2) is 35.9 Å². The second-order valence-electron chi connectivity index (χ2n) is 4.27. The molecular formula is C13H18N2OS. The zero-order chi connectivity index (χ0) is 12.3. The van der Waals surface area contributed by atoms with E-state index in [0.717, 1.165) is 12.3 Å². The molecule has 92 valence electrons. The predicted molar refractivity (Wildman–Crippen MR) is 72.0 cm³/mol. The molecule has 1 fully saturated rings. The summed E-state index contributed by atoms with van der Waals surface area (Å²) in [5.41, 5.74) is 2.41. The zero-order valence-electron chi connectivity index (χ0n) is 10.3. The Morgan fingerprint density at radius 2 is 2.12 bits per heavy atom. The molecule has 4 heteroatoms. The third kappa shape index (κ3) is 2.82. The molecule has 1 N–H and O–H groups in total. The van der Waals surface area contributed by atoms with Crippen molar-refractivity contribution in [1.29, 1.82) is 0 Å². The Kier molecular flexibility index (Phi) is 4.07. The van der Waals surface area contributed by atoms with Crippen LogP contribution in [0, 0.1) is 6.92 Å². The molecule has 0 aliphatic carbocycles. The number of hydrogen-bond donors (Lipinski definition) is 1. The van der Waals surface area contributed by atoms with Crippen LogP contribution in [0.15, 0.2) is 24.3 Å². The molecule has 2 rings (SSSR count). The van der Waals surface area contributed by atoms with Crippen LogP contribution in [0.1, 0.15) is 17.3 Å². The minimum atomic E-state index is 0.0512. The van der Waals surface area contributed by atoms with Crippen molar-refractivity contribution >= 4 is 17.7 Å². The zero-order valence-corrected chi connectivity index (χ0v) is 11.1. The highest BCUT2D eigenvalue weighted by molar-refractivity contribution is 7.98. The fourth-order valence-electron chi connectivity index (χ4n) is 2.03. The van der Waals surface area contributed by atoms with E-state index in [1.165, 1.54) is 11.1 Å². The third-order valence-electron chi connectivity index (χ3n) is 3.01. The van der Waals surface area contributed by atoms with E-state index < -0.39 is 0 Å². The molecule has 1 saturated heterocycles. The van der Waals surface area contributed by atoms with E-state index in [0.29, 0.717) is 6.54 Å². The number of hydrogen-bond acceptors (Lipinski definition) is 3. The summed E-state index contributed by atoms with van der Waals surface area (Å²) in [5, 5.41) is 3.27. The van der Waals surface area contributed by atoms with Crippen LogP contribution < -0.4 is 5.32 Å². The number of carbonyl (C=O) groups excluding carboxylic acids is 1. The first-order valence-electron chi connectivity index (χ1n) is 5.80. The van der Waals surface area contributed by atoms with Gasteiger partial charge in [0.25, 0.3) is 0 Å². The summed E-state index contributed by atoms with van der Waals surface area (Å²) in [6.45, 7) is 3.33. The molecule has 0 radical (unpaired) electrons. The Morgan fingerprint density at radius 3 is 2.76 bits per heavy atom. The molecule has 1 aliphatic rings. The Morgan fingerprint density at radius 1 is 1.41 bits per heavy atom. The fraction of sp³-hybridized carbons (Fsp3) is 0.462. The van der Waals surface area contributed by atoms with E-state index in [-0.39, 0.29) is 12.1 Å². The van der Waals surface area contributed by atoms with Crippen LogP contribution in [0.4, 0.5) is 0 Å². The summed E-state index contributed by atoms with van der Waals surface area (Å²) in [7, 11) is 0. The maximum Gasteiger partial charge on any atom is 0.238 e. The molecule has 0 saturated carbocycles. The number of rotatable bonds is 4. The number of aryl methyl sites for hydroxylation is 1. The van der Waals surface area contributed by atoms with Gasteiger partial charge < -0.3 is 4.90 Å². The van der Waals surface area contributed by atoms with Gasteiger partial charge in [0.2, 0.25) is 5.91 Å². The normalized spacial score (nSPS) is 20.0. The van der Waals surface area contributed by atoms with E-state index in [2.05, 4.69) is 42.8 Å². The van der Waals surface area contributed by atoms with Crippen molar-refractivity contribution in [2.45, 2.75) is 13.1 Å². The molecular weight excluding hydrogens is 232 g/mol. The van der Waals surface area contributed by atoms with Gasteiger partial charge in [-0.2, -0.15) is 11.8 Å². The molecule has 1 aliphatic heterocycles. The van der Waals surface area contributed by atoms with Crippen molar-refractivity contribution < 1.29 is 4.79 Å². The fourth-order valence-corrected chi connectivity index (χ4v) is 2.41. The monoisotopic (exact) mass is 250 g/mol. The van der Waals surface area contributed by atoms with E-state index in [4.69, 9.17) is 0 Å². The van der Waals surface area contributed by atoms with E-state index in [1.807, 2.05) is 4.90 Å². The SMILES string of the molecule is CSCCN1C(=O)CNC1c1ccc(C)cc1. The number of thioether (sulfide) groups is 1. The summed E-state index contributed by atoms with van der Waals surface area (Å²) in [4.78, 5) is 13.7. The van der Waals surface area contributed by atoms with E-state index >= 15 is 0 Å². The third-order valence-corrected chi connectivity index (χ3v) is 3.60. The van der Waals surface area contributed by atoms with Crippen molar-refractivity contribution in [2.24, 2.45) is 0 Å². The van der Waals surface area contributed by atoms with Crippen molar-refractivity contribution in [3.05, 3.63) is 35.4 Å².